The number of rotatable bonds is 5. The first-order valence-corrected chi connectivity index (χ1v) is 4.91. The Kier molecular flexibility index (Phi) is 5.26. The standard InChI is InChI=1S/C11H23NO/c1-6-9(2)12-10(7-8-13)11(3,4)5/h6,9-10,12-13H,1,7-8H2,2-5H3. The van der Waals surface area contributed by atoms with Crippen molar-refractivity contribution in [3.05, 3.63) is 12.7 Å². The van der Waals surface area contributed by atoms with Crippen molar-refractivity contribution in [2.45, 2.75) is 46.2 Å². The Morgan fingerprint density at radius 1 is 1.46 bits per heavy atom. The minimum atomic E-state index is 0.181. The first kappa shape index (κ1) is 12.7. The smallest absolute Gasteiger partial charge is 0.0446 e. The van der Waals surface area contributed by atoms with E-state index in [2.05, 4.69) is 39.6 Å². The number of nitrogens with one attached hydrogen (secondary N) is 1. The molecule has 0 spiro atoms. The van der Waals surface area contributed by atoms with Gasteiger partial charge in [0.05, 0.1) is 0 Å². The molecule has 2 nitrogen and oxygen atoms in total. The van der Waals surface area contributed by atoms with Gasteiger partial charge in [0.15, 0.2) is 0 Å². The molecule has 0 aliphatic rings. The van der Waals surface area contributed by atoms with Gasteiger partial charge in [0.25, 0.3) is 0 Å². The molecule has 2 heteroatoms. The van der Waals surface area contributed by atoms with E-state index in [-0.39, 0.29) is 12.0 Å². The van der Waals surface area contributed by atoms with Crippen molar-refractivity contribution in [2.24, 2.45) is 5.41 Å². The molecule has 0 aliphatic carbocycles. The Morgan fingerprint density at radius 2 is 2.00 bits per heavy atom. The Morgan fingerprint density at radius 3 is 2.31 bits per heavy atom. The summed E-state index contributed by atoms with van der Waals surface area (Å²) >= 11 is 0. The van der Waals surface area contributed by atoms with Gasteiger partial charge in [-0.1, -0.05) is 26.8 Å². The molecule has 2 N–H and O–H groups in total. The number of hydrogen-bond acceptors (Lipinski definition) is 2. The zero-order chi connectivity index (χ0) is 10.5. The Hall–Kier alpha value is -0.340. The molecule has 0 radical (unpaired) electrons. The maximum atomic E-state index is 8.92. The summed E-state index contributed by atoms with van der Waals surface area (Å²) < 4.78 is 0. The van der Waals surface area contributed by atoms with Gasteiger partial charge < -0.3 is 10.4 Å². The number of aliphatic hydroxyl groups is 1. The molecular weight excluding hydrogens is 162 g/mol. The predicted molar refractivity (Wildman–Crippen MR) is 57.7 cm³/mol. The van der Waals surface area contributed by atoms with E-state index in [1.807, 2.05) is 6.08 Å². The highest BCUT2D eigenvalue weighted by Crippen LogP contribution is 2.21. The lowest BCUT2D eigenvalue weighted by atomic mass is 9.84. The zero-order valence-corrected chi connectivity index (χ0v) is 9.30. The normalized spacial score (nSPS) is 16.7. The van der Waals surface area contributed by atoms with Gasteiger partial charge in [0.2, 0.25) is 0 Å². The van der Waals surface area contributed by atoms with Crippen molar-refractivity contribution in [2.75, 3.05) is 6.61 Å². The molecule has 0 saturated carbocycles. The summed E-state index contributed by atoms with van der Waals surface area (Å²) in [5.41, 5.74) is 0.181. The second kappa shape index (κ2) is 5.40. The molecule has 0 saturated heterocycles. The topological polar surface area (TPSA) is 32.3 Å². The van der Waals surface area contributed by atoms with Crippen molar-refractivity contribution in [1.29, 1.82) is 0 Å². The lowest BCUT2D eigenvalue weighted by Crippen LogP contribution is -2.44. The lowest BCUT2D eigenvalue weighted by Gasteiger charge is -2.33. The summed E-state index contributed by atoms with van der Waals surface area (Å²) in [6.07, 6.45) is 2.68. The maximum absolute atomic E-state index is 8.92. The van der Waals surface area contributed by atoms with E-state index in [1.54, 1.807) is 0 Å². The van der Waals surface area contributed by atoms with Gasteiger partial charge in [-0.2, -0.15) is 0 Å². The van der Waals surface area contributed by atoms with Crippen LogP contribution < -0.4 is 5.32 Å². The second-order valence-corrected chi connectivity index (χ2v) is 4.62. The van der Waals surface area contributed by atoms with E-state index in [9.17, 15) is 0 Å². The van der Waals surface area contributed by atoms with Crippen LogP contribution in [0.25, 0.3) is 0 Å². The van der Waals surface area contributed by atoms with E-state index in [4.69, 9.17) is 5.11 Å². The van der Waals surface area contributed by atoms with E-state index < -0.39 is 0 Å². The van der Waals surface area contributed by atoms with Crippen LogP contribution in [-0.4, -0.2) is 23.8 Å². The predicted octanol–water partition coefficient (Wildman–Crippen LogP) is 1.95. The molecule has 0 aromatic rings. The molecule has 0 rings (SSSR count). The number of hydrogen-bond donors (Lipinski definition) is 2. The maximum Gasteiger partial charge on any atom is 0.0446 e. The fourth-order valence-corrected chi connectivity index (χ4v) is 1.28. The van der Waals surface area contributed by atoms with Crippen LogP contribution in [0.5, 0.6) is 0 Å². The molecule has 0 amide bonds. The summed E-state index contributed by atoms with van der Waals surface area (Å²) in [7, 11) is 0. The van der Waals surface area contributed by atoms with Gasteiger partial charge in [-0.25, -0.2) is 0 Å². The van der Waals surface area contributed by atoms with Crippen LogP contribution in [0.1, 0.15) is 34.1 Å². The fourth-order valence-electron chi connectivity index (χ4n) is 1.28. The quantitative estimate of drug-likeness (QED) is 0.642. The van der Waals surface area contributed by atoms with Gasteiger partial charge in [-0.3, -0.25) is 0 Å². The summed E-state index contributed by atoms with van der Waals surface area (Å²) in [4.78, 5) is 0. The van der Waals surface area contributed by atoms with Crippen LogP contribution in [0.15, 0.2) is 12.7 Å². The molecule has 2 atom stereocenters. The van der Waals surface area contributed by atoms with E-state index >= 15 is 0 Å². The molecule has 0 fully saturated rings. The van der Waals surface area contributed by atoms with Crippen molar-refractivity contribution in [1.82, 2.24) is 5.32 Å². The van der Waals surface area contributed by atoms with Crippen LogP contribution in [-0.2, 0) is 0 Å². The average Bonchev–Trinajstić information content (AvgIpc) is 2.01. The molecule has 0 aromatic heterocycles. The first-order chi connectivity index (χ1) is 5.91. The van der Waals surface area contributed by atoms with Gasteiger partial charge in [0.1, 0.15) is 0 Å². The molecular formula is C11H23NO. The van der Waals surface area contributed by atoms with E-state index in [0.29, 0.717) is 12.1 Å². The highest BCUT2D eigenvalue weighted by Gasteiger charge is 2.24. The van der Waals surface area contributed by atoms with Crippen molar-refractivity contribution in [3.8, 4) is 0 Å². The van der Waals surface area contributed by atoms with E-state index in [0.717, 1.165) is 6.42 Å². The summed E-state index contributed by atoms with van der Waals surface area (Å²) in [6.45, 7) is 12.6. The monoisotopic (exact) mass is 185 g/mol. The highest BCUT2D eigenvalue weighted by molar-refractivity contribution is 4.88. The first-order valence-electron chi connectivity index (χ1n) is 4.91. The molecule has 0 aliphatic heterocycles. The number of aliphatic hydroxyl groups excluding tert-OH is 1. The van der Waals surface area contributed by atoms with Gasteiger partial charge in [0, 0.05) is 18.7 Å². The average molecular weight is 185 g/mol. The summed E-state index contributed by atoms with van der Waals surface area (Å²) in [5, 5.41) is 12.3. The van der Waals surface area contributed by atoms with Crippen molar-refractivity contribution in [3.63, 3.8) is 0 Å². The van der Waals surface area contributed by atoms with Crippen molar-refractivity contribution < 1.29 is 5.11 Å². The fraction of sp³-hybridized carbons (Fsp3) is 0.818. The summed E-state index contributed by atoms with van der Waals surface area (Å²) in [6, 6.07) is 0.640. The minimum Gasteiger partial charge on any atom is -0.396 e. The third-order valence-electron chi connectivity index (χ3n) is 2.28. The Labute approximate surface area is 82.0 Å². The summed E-state index contributed by atoms with van der Waals surface area (Å²) in [5.74, 6) is 0. The largest absolute Gasteiger partial charge is 0.396 e. The molecule has 0 aromatic carbocycles. The molecule has 13 heavy (non-hydrogen) atoms. The SMILES string of the molecule is C=CC(C)NC(CCO)C(C)(C)C. The van der Waals surface area contributed by atoms with Crippen LogP contribution in [0, 0.1) is 5.41 Å². The van der Waals surface area contributed by atoms with Gasteiger partial charge in [-0.05, 0) is 18.8 Å². The molecule has 78 valence electrons. The van der Waals surface area contributed by atoms with Crippen LogP contribution in [0.4, 0.5) is 0 Å². The van der Waals surface area contributed by atoms with Crippen molar-refractivity contribution >= 4 is 0 Å². The Balaban J connectivity index is 4.17. The lowest BCUT2D eigenvalue weighted by molar-refractivity contribution is 0.193. The zero-order valence-electron chi connectivity index (χ0n) is 9.30. The van der Waals surface area contributed by atoms with Gasteiger partial charge in [-0.15, -0.1) is 6.58 Å². The van der Waals surface area contributed by atoms with Gasteiger partial charge >= 0.3 is 0 Å². The highest BCUT2D eigenvalue weighted by atomic mass is 16.3. The van der Waals surface area contributed by atoms with E-state index in [1.165, 1.54) is 0 Å². The third kappa shape index (κ3) is 5.06. The molecule has 0 bridgehead atoms. The second-order valence-electron chi connectivity index (χ2n) is 4.62. The van der Waals surface area contributed by atoms with Crippen LogP contribution in [0.2, 0.25) is 0 Å². The van der Waals surface area contributed by atoms with Crippen LogP contribution >= 0.6 is 0 Å². The molecule has 0 heterocycles. The Bertz CT molecular complexity index is 149. The van der Waals surface area contributed by atoms with Crippen LogP contribution in [0.3, 0.4) is 0 Å². The third-order valence-corrected chi connectivity index (χ3v) is 2.28. The molecule has 2 unspecified atom stereocenters. The minimum absolute atomic E-state index is 0.181.